The van der Waals surface area contributed by atoms with Gasteiger partial charge in [0.1, 0.15) is 17.1 Å². The molecule has 0 bridgehead atoms. The number of ether oxygens (including phenoxy) is 3. The normalized spacial score (nSPS) is 10.2. The van der Waals surface area contributed by atoms with E-state index in [0.29, 0.717) is 16.5 Å². The van der Waals surface area contributed by atoms with Crippen LogP contribution in [-0.4, -0.2) is 38.4 Å². The number of phenolic OH excluding ortho intramolecular Hbond substituents is 1. The standard InChI is InChI=1S/C15H14O6/c1-19-8-4-5-9-10(6-8)13(16)12(15(18)21-3)7-11(9)14(17)20-2/h4-7,16H,1-3H3. The Bertz CT molecular complexity index is 720. The summed E-state index contributed by atoms with van der Waals surface area (Å²) < 4.78 is 14.4. The van der Waals surface area contributed by atoms with Crippen LogP contribution in [-0.2, 0) is 9.47 Å². The van der Waals surface area contributed by atoms with Gasteiger partial charge in [-0.25, -0.2) is 9.59 Å². The molecule has 0 spiro atoms. The molecule has 0 aliphatic carbocycles. The third kappa shape index (κ3) is 2.47. The molecule has 21 heavy (non-hydrogen) atoms. The molecule has 0 amide bonds. The van der Waals surface area contributed by atoms with E-state index >= 15 is 0 Å². The SMILES string of the molecule is COC(=O)c1cc(C(=O)OC)c2ccc(OC)cc2c1O. The Morgan fingerprint density at radius 1 is 0.905 bits per heavy atom. The highest BCUT2D eigenvalue weighted by molar-refractivity contribution is 6.11. The fraction of sp³-hybridized carbons (Fsp3) is 0.200. The molecular weight excluding hydrogens is 276 g/mol. The van der Waals surface area contributed by atoms with Gasteiger partial charge in [0.05, 0.1) is 26.9 Å². The fourth-order valence-corrected chi connectivity index (χ4v) is 2.06. The van der Waals surface area contributed by atoms with Gasteiger partial charge in [-0.05, 0) is 24.3 Å². The number of esters is 2. The summed E-state index contributed by atoms with van der Waals surface area (Å²) in [6.07, 6.45) is 0. The molecule has 2 aromatic rings. The summed E-state index contributed by atoms with van der Waals surface area (Å²) in [5.74, 6) is -1.16. The van der Waals surface area contributed by atoms with E-state index < -0.39 is 11.9 Å². The van der Waals surface area contributed by atoms with Crippen molar-refractivity contribution in [3.8, 4) is 11.5 Å². The number of aromatic hydroxyl groups is 1. The van der Waals surface area contributed by atoms with Crippen molar-refractivity contribution in [2.75, 3.05) is 21.3 Å². The van der Waals surface area contributed by atoms with Gasteiger partial charge >= 0.3 is 11.9 Å². The molecule has 110 valence electrons. The van der Waals surface area contributed by atoms with E-state index in [2.05, 4.69) is 4.74 Å². The van der Waals surface area contributed by atoms with Crippen LogP contribution in [0.15, 0.2) is 24.3 Å². The van der Waals surface area contributed by atoms with Crippen molar-refractivity contribution in [2.24, 2.45) is 0 Å². The summed E-state index contributed by atoms with van der Waals surface area (Å²) in [7, 11) is 3.90. The first kappa shape index (κ1) is 14.6. The number of fused-ring (bicyclic) bond motifs is 1. The van der Waals surface area contributed by atoms with Crippen molar-refractivity contribution in [1.82, 2.24) is 0 Å². The zero-order chi connectivity index (χ0) is 15.6. The summed E-state index contributed by atoms with van der Waals surface area (Å²) in [5.41, 5.74) is 0.0482. The number of benzene rings is 2. The van der Waals surface area contributed by atoms with E-state index in [0.717, 1.165) is 0 Å². The third-order valence-electron chi connectivity index (χ3n) is 3.13. The van der Waals surface area contributed by atoms with Crippen LogP contribution in [0.1, 0.15) is 20.7 Å². The Balaban J connectivity index is 2.85. The highest BCUT2D eigenvalue weighted by atomic mass is 16.5. The number of carbonyl (C=O) groups is 2. The predicted molar refractivity (Wildman–Crippen MR) is 74.8 cm³/mol. The van der Waals surface area contributed by atoms with Gasteiger partial charge in [-0.15, -0.1) is 0 Å². The largest absolute Gasteiger partial charge is 0.506 e. The number of carbonyl (C=O) groups excluding carboxylic acids is 2. The molecular formula is C15H14O6. The Kier molecular flexibility index (Phi) is 3.98. The molecule has 0 aliphatic heterocycles. The molecule has 0 radical (unpaired) electrons. The van der Waals surface area contributed by atoms with E-state index in [1.165, 1.54) is 33.5 Å². The van der Waals surface area contributed by atoms with Crippen LogP contribution in [0, 0.1) is 0 Å². The molecule has 1 N–H and O–H groups in total. The summed E-state index contributed by atoms with van der Waals surface area (Å²) in [6, 6.07) is 6.04. The molecule has 0 saturated carbocycles. The van der Waals surface area contributed by atoms with Gasteiger partial charge in [0.2, 0.25) is 0 Å². The zero-order valence-corrected chi connectivity index (χ0v) is 11.8. The van der Waals surface area contributed by atoms with Crippen molar-refractivity contribution in [3.05, 3.63) is 35.4 Å². The van der Waals surface area contributed by atoms with Crippen molar-refractivity contribution in [3.63, 3.8) is 0 Å². The summed E-state index contributed by atoms with van der Waals surface area (Å²) in [6.45, 7) is 0. The summed E-state index contributed by atoms with van der Waals surface area (Å²) >= 11 is 0. The first-order valence-corrected chi connectivity index (χ1v) is 6.03. The molecule has 0 saturated heterocycles. The second-order valence-electron chi connectivity index (χ2n) is 4.21. The third-order valence-corrected chi connectivity index (χ3v) is 3.13. The molecule has 6 nitrogen and oxygen atoms in total. The van der Waals surface area contributed by atoms with Crippen LogP contribution in [0.25, 0.3) is 10.8 Å². The van der Waals surface area contributed by atoms with E-state index in [1.807, 2.05) is 0 Å². The molecule has 0 fully saturated rings. The van der Waals surface area contributed by atoms with E-state index in [4.69, 9.17) is 9.47 Å². The molecule has 0 atom stereocenters. The quantitative estimate of drug-likeness (QED) is 0.872. The van der Waals surface area contributed by atoms with Gasteiger partial charge < -0.3 is 19.3 Å². The molecule has 2 aromatic carbocycles. The highest BCUT2D eigenvalue weighted by Crippen LogP contribution is 2.35. The van der Waals surface area contributed by atoms with Crippen LogP contribution in [0.5, 0.6) is 11.5 Å². The van der Waals surface area contributed by atoms with Gasteiger partial charge in [0.15, 0.2) is 0 Å². The Labute approximate surface area is 120 Å². The first-order valence-electron chi connectivity index (χ1n) is 6.03. The Morgan fingerprint density at radius 3 is 2.10 bits per heavy atom. The van der Waals surface area contributed by atoms with Crippen molar-refractivity contribution >= 4 is 22.7 Å². The van der Waals surface area contributed by atoms with Gasteiger partial charge in [-0.1, -0.05) is 0 Å². The average molecular weight is 290 g/mol. The Morgan fingerprint density at radius 2 is 1.52 bits per heavy atom. The van der Waals surface area contributed by atoms with Crippen LogP contribution < -0.4 is 4.74 Å². The summed E-state index contributed by atoms with van der Waals surface area (Å²) in [4.78, 5) is 23.6. The lowest BCUT2D eigenvalue weighted by Gasteiger charge is -2.12. The van der Waals surface area contributed by atoms with Crippen LogP contribution in [0.4, 0.5) is 0 Å². The number of rotatable bonds is 3. The maximum atomic E-state index is 11.9. The fourth-order valence-electron chi connectivity index (χ4n) is 2.06. The predicted octanol–water partition coefficient (Wildman–Crippen LogP) is 2.13. The molecule has 0 heterocycles. The molecule has 0 unspecified atom stereocenters. The topological polar surface area (TPSA) is 82.1 Å². The van der Waals surface area contributed by atoms with Gasteiger partial charge in [0.25, 0.3) is 0 Å². The summed E-state index contributed by atoms with van der Waals surface area (Å²) in [5, 5.41) is 11.0. The van der Waals surface area contributed by atoms with Crippen molar-refractivity contribution in [2.45, 2.75) is 0 Å². The van der Waals surface area contributed by atoms with Crippen LogP contribution >= 0.6 is 0 Å². The maximum absolute atomic E-state index is 11.9. The molecule has 0 aromatic heterocycles. The number of methoxy groups -OCH3 is 3. The van der Waals surface area contributed by atoms with Gasteiger partial charge in [-0.2, -0.15) is 0 Å². The van der Waals surface area contributed by atoms with Crippen LogP contribution in [0.2, 0.25) is 0 Å². The highest BCUT2D eigenvalue weighted by Gasteiger charge is 2.21. The lowest BCUT2D eigenvalue weighted by atomic mass is 9.99. The number of hydrogen-bond acceptors (Lipinski definition) is 6. The van der Waals surface area contributed by atoms with Crippen molar-refractivity contribution < 1.29 is 28.9 Å². The monoisotopic (exact) mass is 290 g/mol. The van der Waals surface area contributed by atoms with E-state index in [1.54, 1.807) is 12.1 Å². The lowest BCUT2D eigenvalue weighted by Crippen LogP contribution is -2.08. The van der Waals surface area contributed by atoms with Gasteiger partial charge in [0, 0.05) is 10.8 Å². The number of hydrogen-bond donors (Lipinski definition) is 1. The van der Waals surface area contributed by atoms with Crippen LogP contribution in [0.3, 0.4) is 0 Å². The van der Waals surface area contributed by atoms with Gasteiger partial charge in [-0.3, -0.25) is 0 Å². The smallest absolute Gasteiger partial charge is 0.341 e. The molecule has 0 aliphatic rings. The molecule has 6 heteroatoms. The maximum Gasteiger partial charge on any atom is 0.341 e. The van der Waals surface area contributed by atoms with Crippen molar-refractivity contribution in [1.29, 1.82) is 0 Å². The average Bonchev–Trinajstić information content (AvgIpc) is 2.53. The molecule has 2 rings (SSSR count). The minimum atomic E-state index is -0.748. The van der Waals surface area contributed by atoms with E-state index in [-0.39, 0.29) is 16.9 Å². The minimum absolute atomic E-state index is 0.112. The second-order valence-corrected chi connectivity index (χ2v) is 4.21. The first-order chi connectivity index (χ1) is 10.0. The number of phenols is 1. The lowest BCUT2D eigenvalue weighted by molar-refractivity contribution is 0.0597. The van der Waals surface area contributed by atoms with E-state index in [9.17, 15) is 14.7 Å². The Hall–Kier alpha value is -2.76. The zero-order valence-electron chi connectivity index (χ0n) is 11.8. The second kappa shape index (κ2) is 5.70. The minimum Gasteiger partial charge on any atom is -0.506 e.